The molecule has 4 rings (SSSR count). The third-order valence-corrected chi connectivity index (χ3v) is 4.87. The summed E-state index contributed by atoms with van der Waals surface area (Å²) in [5, 5.41) is 6.53. The fraction of sp³-hybridized carbons (Fsp3) is 0.474. The van der Waals surface area contributed by atoms with Gasteiger partial charge in [0.1, 0.15) is 5.82 Å². The highest BCUT2D eigenvalue weighted by molar-refractivity contribution is 5.58. The first-order valence-electron chi connectivity index (χ1n) is 9.05. The van der Waals surface area contributed by atoms with E-state index in [0.717, 1.165) is 43.5 Å². The van der Waals surface area contributed by atoms with Crippen LogP contribution in [0.3, 0.4) is 0 Å². The average molecular weight is 344 g/mol. The maximum atomic E-state index is 13.4. The number of benzene rings is 1. The lowest BCUT2D eigenvalue weighted by atomic mass is 9.96. The smallest absolute Gasteiger partial charge is 0.225 e. The topological polar surface area (TPSA) is 49.8 Å². The van der Waals surface area contributed by atoms with Gasteiger partial charge in [0.25, 0.3) is 0 Å². The van der Waals surface area contributed by atoms with E-state index >= 15 is 0 Å². The van der Waals surface area contributed by atoms with Gasteiger partial charge in [0.2, 0.25) is 5.95 Å². The lowest BCUT2D eigenvalue weighted by Crippen LogP contribution is -2.23. The summed E-state index contributed by atoms with van der Waals surface area (Å²) in [6, 6.07) is 6.08. The van der Waals surface area contributed by atoms with Crippen molar-refractivity contribution in [2.45, 2.75) is 56.9 Å². The second-order valence-corrected chi connectivity index (χ2v) is 7.01. The lowest BCUT2D eigenvalue weighted by molar-refractivity contribution is 0.460. The van der Waals surface area contributed by atoms with Gasteiger partial charge in [-0.2, -0.15) is 4.98 Å². The van der Waals surface area contributed by atoms with Gasteiger partial charge in [0.15, 0.2) is 11.6 Å². The molecule has 2 aliphatic rings. The van der Waals surface area contributed by atoms with Crippen LogP contribution >= 0.6 is 0 Å². The van der Waals surface area contributed by atoms with Gasteiger partial charge in [0, 0.05) is 29.8 Å². The lowest BCUT2D eigenvalue weighted by Gasteiger charge is -2.23. The van der Waals surface area contributed by atoms with Gasteiger partial charge in [0.05, 0.1) is 5.69 Å². The molecule has 2 fully saturated rings. The van der Waals surface area contributed by atoms with Gasteiger partial charge >= 0.3 is 0 Å². The highest BCUT2D eigenvalue weighted by atomic mass is 19.2. The summed E-state index contributed by atoms with van der Waals surface area (Å²) in [5.74, 6) is -0.00315. The van der Waals surface area contributed by atoms with E-state index < -0.39 is 11.6 Å². The van der Waals surface area contributed by atoms with E-state index in [2.05, 4.69) is 20.6 Å². The summed E-state index contributed by atoms with van der Waals surface area (Å²) >= 11 is 0. The fourth-order valence-electron chi connectivity index (χ4n) is 3.33. The first-order chi connectivity index (χ1) is 12.2. The predicted octanol–water partition coefficient (Wildman–Crippen LogP) is 5.12. The normalized spacial score (nSPS) is 18.2. The Bertz CT molecular complexity index is 755. The van der Waals surface area contributed by atoms with Crippen LogP contribution in [0.5, 0.6) is 0 Å². The number of anilines is 3. The number of aromatic nitrogens is 2. The molecule has 0 unspecified atom stereocenters. The van der Waals surface area contributed by atoms with Gasteiger partial charge in [-0.3, -0.25) is 0 Å². The molecule has 132 valence electrons. The number of halogens is 2. The van der Waals surface area contributed by atoms with Crippen molar-refractivity contribution >= 4 is 17.5 Å². The van der Waals surface area contributed by atoms with Crippen LogP contribution in [0.15, 0.2) is 24.3 Å². The average Bonchev–Trinajstić information content (AvgIpc) is 3.44. The van der Waals surface area contributed by atoms with Crippen LogP contribution in [-0.2, 0) is 0 Å². The molecule has 0 aliphatic heterocycles. The second-order valence-electron chi connectivity index (χ2n) is 7.01. The molecule has 0 atom stereocenters. The number of nitrogens with one attached hydrogen (secondary N) is 2. The molecular formula is C19H22F2N4. The van der Waals surface area contributed by atoms with Crippen LogP contribution in [-0.4, -0.2) is 16.0 Å². The Hall–Kier alpha value is -2.24. The number of hydrogen-bond donors (Lipinski definition) is 2. The first kappa shape index (κ1) is 16.2. The fourth-order valence-corrected chi connectivity index (χ4v) is 3.33. The van der Waals surface area contributed by atoms with E-state index in [-0.39, 0.29) is 0 Å². The molecule has 0 spiro atoms. The molecule has 2 aromatic rings. The van der Waals surface area contributed by atoms with Crippen LogP contribution in [0.2, 0.25) is 0 Å². The van der Waals surface area contributed by atoms with Crippen molar-refractivity contribution in [1.29, 1.82) is 0 Å². The van der Waals surface area contributed by atoms with Crippen LogP contribution in [0, 0.1) is 11.6 Å². The molecule has 0 bridgehead atoms. The van der Waals surface area contributed by atoms with Crippen molar-refractivity contribution in [2.75, 3.05) is 10.6 Å². The van der Waals surface area contributed by atoms with Crippen molar-refractivity contribution < 1.29 is 8.78 Å². The minimum absolute atomic E-state index is 0.416. The molecule has 0 amide bonds. The summed E-state index contributed by atoms with van der Waals surface area (Å²) in [4.78, 5) is 9.20. The van der Waals surface area contributed by atoms with Gasteiger partial charge in [-0.15, -0.1) is 0 Å². The minimum Gasteiger partial charge on any atom is -0.351 e. The standard InChI is InChI=1S/C19H22F2N4/c20-15-9-8-14(10-16(15)21)22-18-11-17(12-6-7-12)24-19(25-18)23-13-4-2-1-3-5-13/h8-13H,1-7H2,(H2,22,23,24,25). The number of hydrogen-bond acceptors (Lipinski definition) is 4. The van der Waals surface area contributed by atoms with Crippen LogP contribution in [0.25, 0.3) is 0 Å². The first-order valence-corrected chi connectivity index (χ1v) is 9.05. The second kappa shape index (κ2) is 6.94. The Balaban J connectivity index is 1.56. The zero-order chi connectivity index (χ0) is 17.2. The van der Waals surface area contributed by atoms with Crippen LogP contribution < -0.4 is 10.6 Å². The zero-order valence-corrected chi connectivity index (χ0v) is 14.1. The number of rotatable bonds is 5. The van der Waals surface area contributed by atoms with Gasteiger partial charge in [-0.1, -0.05) is 19.3 Å². The van der Waals surface area contributed by atoms with Crippen LogP contribution in [0.1, 0.15) is 56.6 Å². The Morgan fingerprint density at radius 1 is 0.880 bits per heavy atom. The number of nitrogens with zero attached hydrogens (tertiary/aromatic N) is 2. The van der Waals surface area contributed by atoms with E-state index in [4.69, 9.17) is 0 Å². The maximum Gasteiger partial charge on any atom is 0.225 e. The third-order valence-electron chi connectivity index (χ3n) is 4.87. The molecule has 4 nitrogen and oxygen atoms in total. The van der Waals surface area contributed by atoms with Crippen molar-refractivity contribution in [3.8, 4) is 0 Å². The Kier molecular flexibility index (Phi) is 4.51. The molecule has 25 heavy (non-hydrogen) atoms. The van der Waals surface area contributed by atoms with Gasteiger partial charge < -0.3 is 10.6 Å². The highest BCUT2D eigenvalue weighted by Crippen LogP contribution is 2.40. The Morgan fingerprint density at radius 2 is 1.68 bits per heavy atom. The molecule has 0 saturated heterocycles. The van der Waals surface area contributed by atoms with Crippen molar-refractivity contribution in [1.82, 2.24) is 9.97 Å². The van der Waals surface area contributed by atoms with Crippen molar-refractivity contribution in [3.05, 3.63) is 41.6 Å². The van der Waals surface area contributed by atoms with E-state index in [1.165, 1.54) is 25.3 Å². The van der Waals surface area contributed by atoms with Crippen molar-refractivity contribution in [2.24, 2.45) is 0 Å². The van der Waals surface area contributed by atoms with E-state index in [9.17, 15) is 8.78 Å². The third kappa shape index (κ3) is 4.06. The molecule has 1 aromatic heterocycles. The van der Waals surface area contributed by atoms with Gasteiger partial charge in [-0.05, 0) is 37.8 Å². The minimum atomic E-state index is -0.873. The monoisotopic (exact) mass is 344 g/mol. The molecule has 1 heterocycles. The highest BCUT2D eigenvalue weighted by Gasteiger charge is 2.26. The van der Waals surface area contributed by atoms with Crippen molar-refractivity contribution in [3.63, 3.8) is 0 Å². The summed E-state index contributed by atoms with van der Waals surface area (Å²) in [5.41, 5.74) is 1.49. The summed E-state index contributed by atoms with van der Waals surface area (Å²) < 4.78 is 26.5. The molecule has 2 saturated carbocycles. The molecule has 0 radical (unpaired) electrons. The molecule has 1 aromatic carbocycles. The van der Waals surface area contributed by atoms with E-state index in [1.54, 1.807) is 0 Å². The Labute approximate surface area is 146 Å². The van der Waals surface area contributed by atoms with E-state index in [0.29, 0.717) is 29.4 Å². The zero-order valence-electron chi connectivity index (χ0n) is 14.1. The summed E-state index contributed by atoms with van der Waals surface area (Å²) in [7, 11) is 0. The predicted molar refractivity (Wildman–Crippen MR) is 94.1 cm³/mol. The van der Waals surface area contributed by atoms with Crippen LogP contribution in [0.4, 0.5) is 26.2 Å². The maximum absolute atomic E-state index is 13.4. The molecule has 2 aliphatic carbocycles. The Morgan fingerprint density at radius 3 is 2.40 bits per heavy atom. The van der Waals surface area contributed by atoms with E-state index in [1.807, 2.05) is 6.07 Å². The molecule has 6 heteroatoms. The van der Waals surface area contributed by atoms with Gasteiger partial charge in [-0.25, -0.2) is 13.8 Å². The quantitative estimate of drug-likeness (QED) is 0.790. The molecule has 2 N–H and O–H groups in total. The summed E-state index contributed by atoms with van der Waals surface area (Å²) in [6.45, 7) is 0. The summed E-state index contributed by atoms with van der Waals surface area (Å²) in [6.07, 6.45) is 8.34. The SMILES string of the molecule is Fc1ccc(Nc2cc(C3CC3)nc(NC3CCCCC3)n2)cc1F. The largest absolute Gasteiger partial charge is 0.351 e. The molecular weight excluding hydrogens is 322 g/mol.